The topological polar surface area (TPSA) is 57.6 Å². The summed E-state index contributed by atoms with van der Waals surface area (Å²) in [6.07, 6.45) is 3.25. The molecule has 1 rings (SSSR count). The highest BCUT2D eigenvalue weighted by atomic mass is 16.4. The number of aliphatic carboxylic acids is 1. The Bertz CT molecular complexity index is 329. The zero-order valence-electron chi connectivity index (χ0n) is 12.6. The molecule has 0 aromatic rings. The van der Waals surface area contributed by atoms with Crippen molar-refractivity contribution in [1.82, 2.24) is 4.90 Å². The van der Waals surface area contributed by atoms with E-state index in [4.69, 9.17) is 0 Å². The highest BCUT2D eigenvalue weighted by Gasteiger charge is 2.43. The summed E-state index contributed by atoms with van der Waals surface area (Å²) in [6, 6.07) is 0.188. The Hall–Kier alpha value is -1.06. The molecule has 1 aliphatic carbocycles. The van der Waals surface area contributed by atoms with Crippen LogP contribution in [0.15, 0.2) is 0 Å². The number of rotatable bonds is 6. The highest BCUT2D eigenvalue weighted by molar-refractivity contribution is 5.85. The molecule has 0 aliphatic heterocycles. The first-order valence-electron chi connectivity index (χ1n) is 7.49. The first kappa shape index (κ1) is 16.0. The van der Waals surface area contributed by atoms with Crippen LogP contribution in [0.1, 0.15) is 53.4 Å². The lowest BCUT2D eigenvalue weighted by molar-refractivity contribution is -0.149. The summed E-state index contributed by atoms with van der Waals surface area (Å²) >= 11 is 0. The molecule has 0 aromatic heterocycles. The fraction of sp³-hybridized carbons (Fsp3) is 0.867. The second kappa shape index (κ2) is 6.92. The van der Waals surface area contributed by atoms with Crippen molar-refractivity contribution < 1.29 is 14.7 Å². The molecule has 0 heterocycles. The van der Waals surface area contributed by atoms with E-state index in [1.165, 1.54) is 0 Å². The monoisotopic (exact) mass is 269 g/mol. The highest BCUT2D eigenvalue weighted by Crippen LogP contribution is 2.39. The SMILES string of the molecule is CCC1CC(C(=O)O)C(C(=O)N(CC)C(C)CC)C1. The molecule has 4 nitrogen and oxygen atoms in total. The molecule has 1 fully saturated rings. The molecule has 19 heavy (non-hydrogen) atoms. The van der Waals surface area contributed by atoms with Crippen LogP contribution < -0.4 is 0 Å². The predicted molar refractivity (Wildman–Crippen MR) is 74.8 cm³/mol. The lowest BCUT2D eigenvalue weighted by atomic mass is 9.94. The van der Waals surface area contributed by atoms with Gasteiger partial charge < -0.3 is 10.0 Å². The zero-order valence-corrected chi connectivity index (χ0v) is 12.6. The molecule has 4 atom stereocenters. The molecular formula is C15H27NO3. The molecule has 110 valence electrons. The number of hydrogen-bond acceptors (Lipinski definition) is 2. The summed E-state index contributed by atoms with van der Waals surface area (Å²) in [5.74, 6) is -1.20. The van der Waals surface area contributed by atoms with Gasteiger partial charge >= 0.3 is 5.97 Å². The lowest BCUT2D eigenvalue weighted by Crippen LogP contribution is -2.43. The number of amides is 1. The van der Waals surface area contributed by atoms with Crippen LogP contribution in [0.3, 0.4) is 0 Å². The standard InChI is InChI=1S/C15H27NO3/c1-5-10(4)16(7-3)14(17)12-8-11(6-2)9-13(12)15(18)19/h10-13H,5-9H2,1-4H3,(H,18,19). The Morgan fingerprint density at radius 3 is 2.21 bits per heavy atom. The van der Waals surface area contributed by atoms with Crippen LogP contribution in [0.2, 0.25) is 0 Å². The molecule has 1 aliphatic rings. The summed E-state index contributed by atoms with van der Waals surface area (Å²) in [5, 5.41) is 9.33. The number of carboxylic acids is 1. The van der Waals surface area contributed by atoms with Crippen LogP contribution in [0, 0.1) is 17.8 Å². The second-order valence-corrected chi connectivity index (χ2v) is 5.68. The van der Waals surface area contributed by atoms with Gasteiger partial charge in [0.25, 0.3) is 0 Å². The van der Waals surface area contributed by atoms with Gasteiger partial charge in [0, 0.05) is 12.6 Å². The minimum Gasteiger partial charge on any atom is -0.481 e. The van der Waals surface area contributed by atoms with Gasteiger partial charge in [-0.3, -0.25) is 9.59 Å². The van der Waals surface area contributed by atoms with Gasteiger partial charge in [-0.1, -0.05) is 20.3 Å². The van der Waals surface area contributed by atoms with E-state index in [2.05, 4.69) is 13.8 Å². The van der Waals surface area contributed by atoms with Gasteiger partial charge in [-0.2, -0.15) is 0 Å². The minimum atomic E-state index is -0.811. The fourth-order valence-corrected chi connectivity index (χ4v) is 3.14. The van der Waals surface area contributed by atoms with Gasteiger partial charge in [0.15, 0.2) is 0 Å². The van der Waals surface area contributed by atoms with Crippen LogP contribution in [-0.2, 0) is 9.59 Å². The Labute approximate surface area is 116 Å². The van der Waals surface area contributed by atoms with Crippen LogP contribution in [-0.4, -0.2) is 34.5 Å². The van der Waals surface area contributed by atoms with E-state index >= 15 is 0 Å². The Morgan fingerprint density at radius 2 is 1.79 bits per heavy atom. The van der Waals surface area contributed by atoms with Crippen LogP contribution in [0.4, 0.5) is 0 Å². The molecular weight excluding hydrogens is 242 g/mol. The summed E-state index contributed by atoms with van der Waals surface area (Å²) in [5.41, 5.74) is 0. The minimum absolute atomic E-state index is 0.0419. The maximum absolute atomic E-state index is 12.6. The molecule has 1 saturated carbocycles. The van der Waals surface area contributed by atoms with Crippen LogP contribution >= 0.6 is 0 Å². The molecule has 0 bridgehead atoms. The van der Waals surface area contributed by atoms with E-state index in [1.54, 1.807) is 0 Å². The molecule has 0 radical (unpaired) electrons. The third kappa shape index (κ3) is 3.48. The van der Waals surface area contributed by atoms with Gasteiger partial charge in [-0.15, -0.1) is 0 Å². The summed E-state index contributed by atoms with van der Waals surface area (Å²) in [4.78, 5) is 25.8. The fourth-order valence-electron chi connectivity index (χ4n) is 3.14. The quantitative estimate of drug-likeness (QED) is 0.806. The van der Waals surface area contributed by atoms with Crippen molar-refractivity contribution in [2.24, 2.45) is 17.8 Å². The van der Waals surface area contributed by atoms with E-state index in [9.17, 15) is 14.7 Å². The molecule has 4 unspecified atom stereocenters. The molecule has 0 aromatic carbocycles. The smallest absolute Gasteiger partial charge is 0.307 e. The van der Waals surface area contributed by atoms with Crippen LogP contribution in [0.25, 0.3) is 0 Å². The summed E-state index contributed by atoms with van der Waals surface area (Å²) < 4.78 is 0. The van der Waals surface area contributed by atoms with E-state index in [-0.39, 0.29) is 17.9 Å². The van der Waals surface area contributed by atoms with Crippen LogP contribution in [0.5, 0.6) is 0 Å². The number of carbonyl (C=O) groups is 2. The number of nitrogens with zero attached hydrogens (tertiary/aromatic N) is 1. The van der Waals surface area contributed by atoms with Gasteiger partial charge in [0.2, 0.25) is 5.91 Å². The number of carbonyl (C=O) groups excluding carboxylic acids is 1. The average Bonchev–Trinajstić information content (AvgIpc) is 2.83. The van der Waals surface area contributed by atoms with E-state index in [0.29, 0.717) is 18.9 Å². The summed E-state index contributed by atoms with van der Waals surface area (Å²) in [7, 11) is 0. The maximum Gasteiger partial charge on any atom is 0.307 e. The Balaban J connectivity index is 2.86. The number of carboxylic acid groups (broad SMARTS) is 1. The van der Waals surface area contributed by atoms with Gasteiger partial charge in [-0.05, 0) is 39.0 Å². The molecule has 0 spiro atoms. The predicted octanol–water partition coefficient (Wildman–Crippen LogP) is 2.77. The maximum atomic E-state index is 12.6. The van der Waals surface area contributed by atoms with Gasteiger partial charge in [-0.25, -0.2) is 0 Å². The van der Waals surface area contributed by atoms with Gasteiger partial charge in [0.05, 0.1) is 11.8 Å². The van der Waals surface area contributed by atoms with Crippen molar-refractivity contribution in [2.45, 2.75) is 59.4 Å². The Morgan fingerprint density at radius 1 is 1.21 bits per heavy atom. The second-order valence-electron chi connectivity index (χ2n) is 5.68. The normalized spacial score (nSPS) is 28.1. The molecule has 1 amide bonds. The molecule has 1 N–H and O–H groups in total. The van der Waals surface area contributed by atoms with Gasteiger partial charge in [0.1, 0.15) is 0 Å². The third-order valence-electron chi connectivity index (χ3n) is 4.62. The van der Waals surface area contributed by atoms with Crippen molar-refractivity contribution in [3.8, 4) is 0 Å². The first-order valence-corrected chi connectivity index (χ1v) is 7.49. The van der Waals surface area contributed by atoms with Crippen molar-refractivity contribution in [2.75, 3.05) is 6.54 Å². The van der Waals surface area contributed by atoms with Crippen molar-refractivity contribution in [3.63, 3.8) is 0 Å². The van der Waals surface area contributed by atoms with Crippen molar-refractivity contribution in [1.29, 1.82) is 0 Å². The van der Waals surface area contributed by atoms with E-state index in [0.717, 1.165) is 19.3 Å². The number of hydrogen-bond donors (Lipinski definition) is 1. The van der Waals surface area contributed by atoms with E-state index in [1.807, 2.05) is 18.7 Å². The summed E-state index contributed by atoms with van der Waals surface area (Å²) in [6.45, 7) is 8.78. The van der Waals surface area contributed by atoms with Crippen molar-refractivity contribution >= 4 is 11.9 Å². The average molecular weight is 269 g/mol. The lowest BCUT2D eigenvalue weighted by Gasteiger charge is -2.31. The molecule has 0 saturated heterocycles. The zero-order chi connectivity index (χ0) is 14.6. The third-order valence-corrected chi connectivity index (χ3v) is 4.62. The Kier molecular flexibility index (Phi) is 5.83. The molecule has 4 heteroatoms. The van der Waals surface area contributed by atoms with E-state index < -0.39 is 11.9 Å². The first-order chi connectivity index (χ1) is 8.96. The van der Waals surface area contributed by atoms with Crippen molar-refractivity contribution in [3.05, 3.63) is 0 Å². The largest absolute Gasteiger partial charge is 0.481 e.